The van der Waals surface area contributed by atoms with Gasteiger partial charge in [0.25, 0.3) is 5.56 Å². The Morgan fingerprint density at radius 2 is 2.46 bits per heavy atom. The lowest BCUT2D eigenvalue weighted by molar-refractivity contribution is 0.894. The highest BCUT2D eigenvalue weighted by molar-refractivity contribution is 7.99. The molecule has 0 atom stereocenters. The van der Waals surface area contributed by atoms with Crippen molar-refractivity contribution in [2.24, 2.45) is 5.73 Å². The Bertz CT molecular complexity index is 323. The maximum atomic E-state index is 11.0. The third-order valence-corrected chi connectivity index (χ3v) is 2.39. The van der Waals surface area contributed by atoms with Gasteiger partial charge in [0.15, 0.2) is 5.16 Å². The molecule has 1 aromatic rings. The standard InChI is InChI=1S/C8H13N3OS/c1-6-5-7(12)11-8(10-6)13-4-2-3-9/h5H,2-4,9H2,1H3,(H,10,11,12). The van der Waals surface area contributed by atoms with Crippen molar-refractivity contribution in [1.82, 2.24) is 9.97 Å². The molecule has 0 aliphatic heterocycles. The van der Waals surface area contributed by atoms with Crippen LogP contribution in [0, 0.1) is 6.92 Å². The van der Waals surface area contributed by atoms with Gasteiger partial charge in [-0.05, 0) is 19.9 Å². The Hall–Kier alpha value is -0.810. The van der Waals surface area contributed by atoms with E-state index in [4.69, 9.17) is 5.73 Å². The summed E-state index contributed by atoms with van der Waals surface area (Å²) in [6.07, 6.45) is 0.933. The first-order valence-corrected chi connectivity index (χ1v) is 5.12. The van der Waals surface area contributed by atoms with Gasteiger partial charge in [0.05, 0.1) is 0 Å². The summed E-state index contributed by atoms with van der Waals surface area (Å²) in [4.78, 5) is 17.8. The first-order chi connectivity index (χ1) is 6.22. The van der Waals surface area contributed by atoms with E-state index in [9.17, 15) is 4.79 Å². The molecule has 0 radical (unpaired) electrons. The molecule has 0 saturated heterocycles. The zero-order valence-electron chi connectivity index (χ0n) is 7.54. The van der Waals surface area contributed by atoms with Crippen molar-refractivity contribution in [3.05, 3.63) is 22.1 Å². The minimum absolute atomic E-state index is 0.0947. The lowest BCUT2D eigenvalue weighted by Gasteiger charge is -1.99. The van der Waals surface area contributed by atoms with Crippen LogP contribution in [-0.4, -0.2) is 22.3 Å². The predicted molar refractivity (Wildman–Crippen MR) is 54.0 cm³/mol. The number of H-pyrrole nitrogens is 1. The Kier molecular flexibility index (Phi) is 3.98. The van der Waals surface area contributed by atoms with Gasteiger partial charge in [-0.1, -0.05) is 11.8 Å². The fraction of sp³-hybridized carbons (Fsp3) is 0.500. The number of nitrogens with zero attached hydrogens (tertiary/aromatic N) is 1. The topological polar surface area (TPSA) is 71.8 Å². The second kappa shape index (κ2) is 5.04. The Balaban J connectivity index is 2.61. The highest BCUT2D eigenvalue weighted by Crippen LogP contribution is 2.11. The maximum absolute atomic E-state index is 11.0. The first kappa shape index (κ1) is 10.3. The smallest absolute Gasteiger partial charge is 0.251 e. The van der Waals surface area contributed by atoms with E-state index >= 15 is 0 Å². The predicted octanol–water partition coefficient (Wildman–Crippen LogP) is 0.519. The molecule has 1 rings (SSSR count). The van der Waals surface area contributed by atoms with Gasteiger partial charge in [0, 0.05) is 17.5 Å². The third-order valence-electron chi connectivity index (χ3n) is 1.44. The lowest BCUT2D eigenvalue weighted by atomic mass is 10.5. The third kappa shape index (κ3) is 3.61. The van der Waals surface area contributed by atoms with E-state index in [0.717, 1.165) is 17.9 Å². The van der Waals surface area contributed by atoms with E-state index in [1.54, 1.807) is 0 Å². The minimum Gasteiger partial charge on any atom is -0.330 e. The van der Waals surface area contributed by atoms with Crippen molar-refractivity contribution in [3.63, 3.8) is 0 Å². The van der Waals surface area contributed by atoms with Gasteiger partial charge in [-0.15, -0.1) is 0 Å². The highest BCUT2D eigenvalue weighted by Gasteiger charge is 1.97. The van der Waals surface area contributed by atoms with E-state index in [1.807, 2.05) is 6.92 Å². The molecule has 0 fully saturated rings. The molecule has 0 aliphatic rings. The van der Waals surface area contributed by atoms with Crippen molar-refractivity contribution >= 4 is 11.8 Å². The van der Waals surface area contributed by atoms with E-state index < -0.39 is 0 Å². The summed E-state index contributed by atoms with van der Waals surface area (Å²) in [5.74, 6) is 0.892. The van der Waals surface area contributed by atoms with Gasteiger partial charge in [-0.2, -0.15) is 0 Å². The average Bonchev–Trinajstić information content (AvgIpc) is 2.03. The first-order valence-electron chi connectivity index (χ1n) is 4.13. The molecule has 0 saturated carbocycles. The van der Waals surface area contributed by atoms with E-state index in [2.05, 4.69) is 9.97 Å². The van der Waals surface area contributed by atoms with E-state index in [1.165, 1.54) is 17.8 Å². The van der Waals surface area contributed by atoms with Crippen LogP contribution in [0.2, 0.25) is 0 Å². The quantitative estimate of drug-likeness (QED) is 0.421. The molecule has 1 aromatic heterocycles. The van der Waals surface area contributed by atoms with Gasteiger partial charge >= 0.3 is 0 Å². The molecule has 0 amide bonds. The molecule has 0 bridgehead atoms. The fourth-order valence-corrected chi connectivity index (χ4v) is 1.76. The number of hydrogen-bond acceptors (Lipinski definition) is 4. The number of nitrogens with one attached hydrogen (secondary N) is 1. The van der Waals surface area contributed by atoms with Crippen LogP contribution >= 0.6 is 11.8 Å². The molecule has 3 N–H and O–H groups in total. The van der Waals surface area contributed by atoms with Crippen molar-refractivity contribution < 1.29 is 0 Å². The summed E-state index contributed by atoms with van der Waals surface area (Å²) in [5, 5.41) is 0.679. The Morgan fingerprint density at radius 3 is 3.08 bits per heavy atom. The summed E-state index contributed by atoms with van der Waals surface area (Å²) in [6.45, 7) is 2.48. The van der Waals surface area contributed by atoms with Crippen LogP contribution in [0.4, 0.5) is 0 Å². The second-order valence-electron chi connectivity index (χ2n) is 2.68. The summed E-state index contributed by atoms with van der Waals surface area (Å²) in [6, 6.07) is 1.48. The van der Waals surface area contributed by atoms with Crippen molar-refractivity contribution in [2.45, 2.75) is 18.5 Å². The number of aromatic amines is 1. The SMILES string of the molecule is Cc1cc(=O)[nH]c(SCCCN)n1. The second-order valence-corrected chi connectivity index (χ2v) is 3.77. The number of rotatable bonds is 4. The van der Waals surface area contributed by atoms with Crippen LogP contribution in [0.1, 0.15) is 12.1 Å². The number of nitrogens with two attached hydrogens (primary N) is 1. The average molecular weight is 199 g/mol. The van der Waals surface area contributed by atoms with Crippen molar-refractivity contribution in [1.29, 1.82) is 0 Å². The molecular weight excluding hydrogens is 186 g/mol. The number of hydrogen-bond donors (Lipinski definition) is 2. The molecule has 0 spiro atoms. The largest absolute Gasteiger partial charge is 0.330 e. The van der Waals surface area contributed by atoms with Crippen LogP contribution in [0.3, 0.4) is 0 Å². The summed E-state index contributed by atoms with van der Waals surface area (Å²) >= 11 is 1.53. The van der Waals surface area contributed by atoms with Gasteiger partial charge < -0.3 is 10.7 Å². The minimum atomic E-state index is -0.0947. The van der Waals surface area contributed by atoms with Crippen LogP contribution < -0.4 is 11.3 Å². The van der Waals surface area contributed by atoms with E-state index in [-0.39, 0.29) is 5.56 Å². The fourth-order valence-electron chi connectivity index (χ4n) is 0.872. The normalized spacial score (nSPS) is 10.3. The van der Waals surface area contributed by atoms with Gasteiger partial charge in [0.2, 0.25) is 0 Å². The van der Waals surface area contributed by atoms with Crippen LogP contribution in [-0.2, 0) is 0 Å². The van der Waals surface area contributed by atoms with Crippen molar-refractivity contribution in [2.75, 3.05) is 12.3 Å². The molecule has 0 aliphatic carbocycles. The molecule has 13 heavy (non-hydrogen) atoms. The summed E-state index contributed by atoms with van der Waals surface area (Å²) in [7, 11) is 0. The summed E-state index contributed by atoms with van der Waals surface area (Å²) in [5.41, 5.74) is 6.00. The molecule has 4 nitrogen and oxygen atoms in total. The van der Waals surface area contributed by atoms with Crippen LogP contribution in [0.25, 0.3) is 0 Å². The van der Waals surface area contributed by atoms with Crippen LogP contribution in [0.5, 0.6) is 0 Å². The van der Waals surface area contributed by atoms with Gasteiger partial charge in [-0.25, -0.2) is 4.98 Å². The number of aromatic nitrogens is 2. The number of aryl methyl sites for hydroxylation is 1. The monoisotopic (exact) mass is 199 g/mol. The molecule has 1 heterocycles. The van der Waals surface area contributed by atoms with Crippen LogP contribution in [0.15, 0.2) is 16.0 Å². The molecular formula is C8H13N3OS. The lowest BCUT2D eigenvalue weighted by Crippen LogP contribution is -2.08. The Morgan fingerprint density at radius 1 is 1.69 bits per heavy atom. The van der Waals surface area contributed by atoms with E-state index in [0.29, 0.717) is 11.7 Å². The number of thioether (sulfide) groups is 1. The molecule has 5 heteroatoms. The molecule has 72 valence electrons. The van der Waals surface area contributed by atoms with Gasteiger partial charge in [-0.3, -0.25) is 4.79 Å². The maximum Gasteiger partial charge on any atom is 0.251 e. The Labute approximate surface area is 81.0 Å². The van der Waals surface area contributed by atoms with Crippen molar-refractivity contribution in [3.8, 4) is 0 Å². The zero-order chi connectivity index (χ0) is 9.68. The molecule has 0 aromatic carbocycles. The highest BCUT2D eigenvalue weighted by atomic mass is 32.2. The zero-order valence-corrected chi connectivity index (χ0v) is 8.36. The molecule has 0 unspecified atom stereocenters. The summed E-state index contributed by atoms with van der Waals surface area (Å²) < 4.78 is 0. The van der Waals surface area contributed by atoms with Gasteiger partial charge in [0.1, 0.15) is 0 Å².